The van der Waals surface area contributed by atoms with Crippen LogP contribution in [0.3, 0.4) is 0 Å². The van der Waals surface area contributed by atoms with Gasteiger partial charge in [0.2, 0.25) is 5.91 Å². The quantitative estimate of drug-likeness (QED) is 0.798. The molecule has 1 atom stereocenters. The van der Waals surface area contributed by atoms with Crippen molar-refractivity contribution in [3.63, 3.8) is 0 Å². The molecule has 1 heterocycles. The van der Waals surface area contributed by atoms with E-state index < -0.39 is 0 Å². The molecule has 1 unspecified atom stereocenters. The molecule has 1 aliphatic heterocycles. The number of amides is 1. The second-order valence-corrected chi connectivity index (χ2v) is 6.28. The number of piperidine rings is 1. The van der Waals surface area contributed by atoms with E-state index in [1.54, 1.807) is 7.11 Å². The number of nitrogens with one attached hydrogen (secondary N) is 1. The zero-order valence-corrected chi connectivity index (χ0v) is 12.4. The molecule has 0 aromatic heterocycles. The highest BCUT2D eigenvalue weighted by atomic mass is 16.5. The molecule has 1 saturated heterocycles. The molecule has 4 heteroatoms. The van der Waals surface area contributed by atoms with Gasteiger partial charge in [0.25, 0.3) is 0 Å². The van der Waals surface area contributed by atoms with Crippen molar-refractivity contribution < 1.29 is 9.53 Å². The Bertz CT molecular complexity index is 297. The zero-order chi connectivity index (χ0) is 13.7. The predicted molar refractivity (Wildman–Crippen MR) is 76.1 cm³/mol. The molecule has 1 amide bonds. The molecule has 1 N–H and O–H groups in total. The van der Waals surface area contributed by atoms with Crippen LogP contribution in [0, 0.1) is 5.41 Å². The van der Waals surface area contributed by atoms with Crippen molar-refractivity contribution in [2.24, 2.45) is 5.41 Å². The molecule has 2 aliphatic rings. The fraction of sp³-hybridized carbons (Fsp3) is 0.933. The zero-order valence-electron chi connectivity index (χ0n) is 12.4. The van der Waals surface area contributed by atoms with E-state index in [0.29, 0.717) is 0 Å². The summed E-state index contributed by atoms with van der Waals surface area (Å²) in [7, 11) is 1.75. The Hall–Kier alpha value is -0.610. The Labute approximate surface area is 116 Å². The lowest BCUT2D eigenvalue weighted by atomic mass is 9.69. The van der Waals surface area contributed by atoms with Gasteiger partial charge in [-0.1, -0.05) is 12.8 Å². The van der Waals surface area contributed by atoms with Gasteiger partial charge in [0.1, 0.15) is 0 Å². The van der Waals surface area contributed by atoms with Crippen molar-refractivity contribution in [2.75, 3.05) is 33.4 Å². The number of carbonyl (C=O) groups is 1. The molecule has 1 aliphatic carbocycles. The lowest BCUT2D eigenvalue weighted by molar-refractivity contribution is -0.127. The van der Waals surface area contributed by atoms with Crippen LogP contribution >= 0.6 is 0 Å². The standard InChI is InChI=1S/C15H28N2O2/c1-13(17-9-4-3-5-10-17)14(18)16-11-15(12-19-2)7-6-8-15/h13H,3-12H2,1-2H3,(H,16,18). The fourth-order valence-electron chi connectivity index (χ4n) is 3.25. The second-order valence-electron chi connectivity index (χ2n) is 6.28. The summed E-state index contributed by atoms with van der Waals surface area (Å²) >= 11 is 0. The summed E-state index contributed by atoms with van der Waals surface area (Å²) in [6.07, 6.45) is 7.39. The summed E-state index contributed by atoms with van der Waals surface area (Å²) in [6.45, 7) is 5.71. The molecule has 0 aromatic carbocycles. The number of rotatable bonds is 6. The maximum absolute atomic E-state index is 12.2. The van der Waals surface area contributed by atoms with Gasteiger partial charge in [0, 0.05) is 19.1 Å². The van der Waals surface area contributed by atoms with Crippen LogP contribution in [0.5, 0.6) is 0 Å². The maximum atomic E-state index is 12.2. The molecule has 2 fully saturated rings. The topological polar surface area (TPSA) is 41.6 Å². The molecule has 0 spiro atoms. The minimum Gasteiger partial charge on any atom is -0.384 e. The van der Waals surface area contributed by atoms with Gasteiger partial charge < -0.3 is 10.1 Å². The second kappa shape index (κ2) is 6.71. The third-order valence-electron chi connectivity index (χ3n) is 4.82. The van der Waals surface area contributed by atoms with Crippen LogP contribution < -0.4 is 5.32 Å². The molecule has 2 rings (SSSR count). The third kappa shape index (κ3) is 3.69. The Balaban J connectivity index is 1.76. The molecule has 110 valence electrons. The van der Waals surface area contributed by atoms with Crippen molar-refractivity contribution >= 4 is 5.91 Å². The van der Waals surface area contributed by atoms with Crippen LogP contribution in [-0.2, 0) is 9.53 Å². The van der Waals surface area contributed by atoms with Crippen LogP contribution in [0.4, 0.5) is 0 Å². The average Bonchev–Trinajstić information content (AvgIpc) is 2.41. The van der Waals surface area contributed by atoms with Crippen molar-refractivity contribution in [3.8, 4) is 0 Å². The van der Waals surface area contributed by atoms with E-state index in [4.69, 9.17) is 4.74 Å². The van der Waals surface area contributed by atoms with Crippen molar-refractivity contribution in [1.29, 1.82) is 0 Å². The normalized spacial score (nSPS) is 24.5. The minimum absolute atomic E-state index is 0.0139. The SMILES string of the molecule is COCC1(CNC(=O)C(C)N2CCCCC2)CCC1. The highest BCUT2D eigenvalue weighted by Crippen LogP contribution is 2.40. The van der Waals surface area contributed by atoms with Crippen molar-refractivity contribution in [2.45, 2.75) is 51.5 Å². The molecule has 0 radical (unpaired) electrons. The van der Waals surface area contributed by atoms with E-state index in [2.05, 4.69) is 10.2 Å². The van der Waals surface area contributed by atoms with Gasteiger partial charge in [-0.25, -0.2) is 0 Å². The summed E-state index contributed by atoms with van der Waals surface area (Å²) in [5, 5.41) is 3.15. The Morgan fingerprint density at radius 2 is 1.95 bits per heavy atom. The molecule has 0 aromatic rings. The smallest absolute Gasteiger partial charge is 0.237 e. The lowest BCUT2D eigenvalue weighted by Crippen LogP contribution is -2.51. The van der Waals surface area contributed by atoms with E-state index in [1.165, 1.54) is 38.5 Å². The van der Waals surface area contributed by atoms with Crippen LogP contribution in [0.2, 0.25) is 0 Å². The Kier molecular flexibility index (Phi) is 5.22. The highest BCUT2D eigenvalue weighted by Gasteiger charge is 2.37. The van der Waals surface area contributed by atoms with E-state index >= 15 is 0 Å². The largest absolute Gasteiger partial charge is 0.384 e. The van der Waals surface area contributed by atoms with Gasteiger partial charge in [-0.05, 0) is 45.7 Å². The molecule has 4 nitrogen and oxygen atoms in total. The van der Waals surface area contributed by atoms with Crippen LogP contribution in [-0.4, -0.2) is 50.2 Å². The van der Waals surface area contributed by atoms with Crippen LogP contribution in [0.1, 0.15) is 45.4 Å². The van der Waals surface area contributed by atoms with Gasteiger partial charge >= 0.3 is 0 Å². The first-order chi connectivity index (χ1) is 9.17. The van der Waals surface area contributed by atoms with Crippen molar-refractivity contribution in [3.05, 3.63) is 0 Å². The Morgan fingerprint density at radius 3 is 2.47 bits per heavy atom. The predicted octanol–water partition coefficient (Wildman–Crippen LogP) is 1.79. The summed E-state index contributed by atoms with van der Waals surface area (Å²) in [6, 6.07) is 0.0139. The average molecular weight is 268 g/mol. The number of hydrogen-bond acceptors (Lipinski definition) is 3. The van der Waals surface area contributed by atoms with Crippen LogP contribution in [0.15, 0.2) is 0 Å². The first kappa shape index (κ1) is 14.8. The molecule has 0 bridgehead atoms. The number of nitrogens with zero attached hydrogens (tertiary/aromatic N) is 1. The molecule has 19 heavy (non-hydrogen) atoms. The number of likely N-dealkylation sites (tertiary alicyclic amines) is 1. The van der Waals surface area contributed by atoms with Crippen molar-refractivity contribution in [1.82, 2.24) is 10.2 Å². The first-order valence-corrected chi connectivity index (χ1v) is 7.68. The molecular formula is C15H28N2O2. The summed E-state index contributed by atoms with van der Waals surface area (Å²) in [5.41, 5.74) is 0.214. The van der Waals surface area contributed by atoms with Gasteiger partial charge in [0.05, 0.1) is 12.6 Å². The summed E-state index contributed by atoms with van der Waals surface area (Å²) < 4.78 is 5.30. The first-order valence-electron chi connectivity index (χ1n) is 7.68. The van der Waals surface area contributed by atoms with Crippen LogP contribution in [0.25, 0.3) is 0 Å². The van der Waals surface area contributed by atoms with E-state index in [0.717, 1.165) is 26.2 Å². The summed E-state index contributed by atoms with van der Waals surface area (Å²) in [4.78, 5) is 14.5. The third-order valence-corrected chi connectivity index (χ3v) is 4.82. The number of ether oxygens (including phenoxy) is 1. The van der Waals surface area contributed by atoms with E-state index in [1.807, 2.05) is 6.92 Å². The highest BCUT2D eigenvalue weighted by molar-refractivity contribution is 5.81. The Morgan fingerprint density at radius 1 is 1.26 bits per heavy atom. The fourth-order valence-corrected chi connectivity index (χ4v) is 3.25. The lowest BCUT2D eigenvalue weighted by Gasteiger charge is -2.42. The summed E-state index contributed by atoms with van der Waals surface area (Å²) in [5.74, 6) is 0.185. The minimum atomic E-state index is 0.0139. The molecule has 1 saturated carbocycles. The van der Waals surface area contributed by atoms with Gasteiger partial charge in [0.15, 0.2) is 0 Å². The van der Waals surface area contributed by atoms with E-state index in [-0.39, 0.29) is 17.4 Å². The molecular weight excluding hydrogens is 240 g/mol. The monoisotopic (exact) mass is 268 g/mol. The number of methoxy groups -OCH3 is 1. The van der Waals surface area contributed by atoms with Gasteiger partial charge in [-0.15, -0.1) is 0 Å². The van der Waals surface area contributed by atoms with Gasteiger partial charge in [-0.2, -0.15) is 0 Å². The van der Waals surface area contributed by atoms with Gasteiger partial charge in [-0.3, -0.25) is 9.69 Å². The van der Waals surface area contributed by atoms with E-state index in [9.17, 15) is 4.79 Å². The number of hydrogen-bond donors (Lipinski definition) is 1. The number of carbonyl (C=O) groups excluding carboxylic acids is 1. The maximum Gasteiger partial charge on any atom is 0.237 e.